The van der Waals surface area contributed by atoms with Crippen LogP contribution in [0.2, 0.25) is 0 Å². The number of ketones is 4. The van der Waals surface area contributed by atoms with Gasteiger partial charge >= 0.3 is 35.8 Å². The average Bonchev–Trinajstić information content (AvgIpc) is 1.46. The first-order valence-electron chi connectivity index (χ1n) is 43.9. The van der Waals surface area contributed by atoms with Crippen molar-refractivity contribution in [2.24, 2.45) is 126 Å². The van der Waals surface area contributed by atoms with Crippen LogP contribution in [0.3, 0.4) is 0 Å². The third-order valence-electron chi connectivity index (χ3n) is 39.3. The number of fused-ring (bicyclic) bond motifs is 26. The number of hydrogen-bond donors (Lipinski definition) is 0. The molecule has 112 heavy (non-hydrogen) atoms. The van der Waals surface area contributed by atoms with Gasteiger partial charge in [-0.3, -0.25) is 47.9 Å². The zero-order valence-electron chi connectivity index (χ0n) is 67.7. The Labute approximate surface area is 658 Å². The lowest BCUT2D eigenvalue weighted by Crippen LogP contribution is -2.63. The lowest BCUT2D eigenvalue weighted by molar-refractivity contribution is -0.172. The lowest BCUT2D eigenvalue weighted by Gasteiger charge is -2.58. The molecule has 0 radical (unpaired) electrons. The van der Waals surface area contributed by atoms with Gasteiger partial charge < -0.3 is 37.9 Å². The molecule has 18 nitrogen and oxygen atoms in total. The van der Waals surface area contributed by atoms with E-state index >= 15 is 0 Å². The smallest absolute Gasteiger partial charge is 0.309 e. The molecule has 26 unspecified atom stereocenters. The van der Waals surface area contributed by atoms with Crippen LogP contribution in [-0.2, 0) is 85.8 Å². The minimum absolute atomic E-state index is 0.00124. The molecular formula is C94H116O18. The van der Waals surface area contributed by atoms with E-state index in [1.54, 1.807) is 17.7 Å². The third kappa shape index (κ3) is 9.08. The predicted octanol–water partition coefficient (Wildman–Crippen LogP) is 15.0. The Morgan fingerprint density at radius 3 is 1.30 bits per heavy atom. The molecule has 6 heterocycles. The molecule has 6 aliphatic heterocycles. The van der Waals surface area contributed by atoms with Crippen molar-refractivity contribution in [2.75, 3.05) is 14.2 Å². The number of epoxide rings is 2. The highest BCUT2D eigenvalue weighted by Gasteiger charge is 2.87. The molecular weight excluding hydrogens is 1420 g/mol. The Morgan fingerprint density at radius 1 is 0.384 bits per heavy atom. The molecule has 24 rings (SSSR count). The fraction of sp³-hybridized carbons (Fsp3) is 0.766. The summed E-state index contributed by atoms with van der Waals surface area (Å²) in [6.07, 6.45) is 39.8. The fourth-order valence-corrected chi connectivity index (χ4v) is 33.3. The summed E-state index contributed by atoms with van der Waals surface area (Å²) in [5.74, 6) is 5.57. The van der Waals surface area contributed by atoms with Crippen molar-refractivity contribution >= 4 is 58.9 Å². The van der Waals surface area contributed by atoms with Gasteiger partial charge in [-0.2, -0.15) is 0 Å². The molecule has 600 valence electrons. The highest BCUT2D eigenvalue weighted by molar-refractivity contribution is 5.94. The van der Waals surface area contributed by atoms with Crippen LogP contribution in [0.5, 0.6) is 0 Å². The Hall–Kier alpha value is -6.14. The summed E-state index contributed by atoms with van der Waals surface area (Å²) in [4.78, 5) is 123. The fourth-order valence-electron chi connectivity index (χ4n) is 33.3. The minimum Gasteiger partial charge on any atom is -0.469 e. The van der Waals surface area contributed by atoms with Gasteiger partial charge in [-0.25, -0.2) is 0 Å². The molecule has 0 aromatic rings. The number of ether oxygens (including phenoxy) is 8. The van der Waals surface area contributed by atoms with Crippen molar-refractivity contribution in [1.29, 1.82) is 0 Å². The molecule has 24 aliphatic rings. The first kappa shape index (κ1) is 73.5. The standard InChI is InChI=1S/C24H30O6.C24H30O5.C23H28O4.C23H28O3/c1-21-7-4-14(25)10-13(21)11-15(20(27)28-3)19-16-5-8-23(9-6-18(26)30-23)22(16,2)12-17-24(19,21)29-17;1-22-8-4-15(25)12-14(22)13-16(21(27)28-3)20-17(22)5-9-23(2)18(20)6-10-24(23)11-7-19(26)29-24;1-20-6-3-12(24)9-16(20)13-10-14(13)19-15-4-7-22(8-5-18(25)27-22)21(15,2)11-17-23(19,20)26-17;1-21-7-3-13(24)11-18(21)14-12-15(14)20-16(21)4-8-22(2)17(20)5-9-23(22)10-6-19(25)26-23/h10,15-17,19H,4-9,11-12H2,1-3H3;5,12,16,18,20H,4,6-11,13H2,1-3H3;9,13-15,17,19H,3-8,10-11H2,1-2H3;4,11,14-15,17,20H,3,5-10,12H2,1-2H3/t15-,16?,17?,19?,21?,22?,23?,24-;16-,18?,20?,22?,23?,24?;13?,14?,15?,17?,19?,20?,21?,22?,23-;/m111./s1. The predicted molar refractivity (Wildman–Crippen MR) is 405 cm³/mol. The van der Waals surface area contributed by atoms with Crippen molar-refractivity contribution in [3.8, 4) is 0 Å². The van der Waals surface area contributed by atoms with Crippen LogP contribution in [0.15, 0.2) is 69.9 Å². The Balaban J connectivity index is 0.0000000944. The number of allylic oxidation sites excluding steroid dienone is 8. The molecule has 0 amide bonds. The van der Waals surface area contributed by atoms with Crippen LogP contribution in [0, 0.1) is 126 Å². The van der Waals surface area contributed by atoms with E-state index in [2.05, 4.69) is 67.5 Å². The maximum Gasteiger partial charge on any atom is 0.309 e. The lowest BCUT2D eigenvalue weighted by atomic mass is 9.43. The zero-order valence-corrected chi connectivity index (χ0v) is 67.7. The molecule has 0 aromatic heterocycles. The highest BCUT2D eigenvalue weighted by Crippen LogP contribution is 2.84. The Morgan fingerprint density at radius 2 is 0.786 bits per heavy atom. The van der Waals surface area contributed by atoms with Gasteiger partial charge in [0.1, 0.15) is 33.6 Å². The molecule has 0 aromatic carbocycles. The van der Waals surface area contributed by atoms with Gasteiger partial charge in [0.2, 0.25) is 0 Å². The summed E-state index contributed by atoms with van der Waals surface area (Å²) in [5, 5.41) is 0. The number of esters is 6. The SMILES string of the molecule is CC12CC3O[C@@]34C(C3CC3C3=CC(=O)CCC34C)C1CCC21CCC(=O)O1.CC12CCC(=O)C=C1C1CC1C1C2=CCC2(C)C1CCC21CCC(=O)O1.COC(=O)[C@@H]1CC2=CC(=O)CCC2(C)C2=CCC3(C)C(CCC34CCC(=O)O4)C21.COC(=O)[C@@H]1CC2=CC(=O)CCC2(C)[C@@]23OC2CC2(C)C(CCC24CCC(=O)O4)C13. The van der Waals surface area contributed by atoms with Gasteiger partial charge in [0, 0.05) is 101 Å². The number of methoxy groups -OCH3 is 2. The van der Waals surface area contributed by atoms with Crippen LogP contribution in [-0.4, -0.2) is 119 Å². The maximum absolute atomic E-state index is 13.0. The number of carbonyl (C=O) groups is 10. The Kier molecular flexibility index (Phi) is 15.4. The quantitative estimate of drug-likeness (QED) is 0.108. The van der Waals surface area contributed by atoms with Crippen molar-refractivity contribution in [3.63, 3.8) is 0 Å². The second-order valence-corrected chi connectivity index (χ2v) is 42.6. The maximum atomic E-state index is 13.0. The molecule has 30 atom stereocenters. The molecule has 18 fully saturated rings. The molecule has 18 aliphatic carbocycles. The molecule has 12 saturated carbocycles. The summed E-state index contributed by atoms with van der Waals surface area (Å²) in [6.45, 7) is 18.6. The van der Waals surface area contributed by atoms with Gasteiger partial charge in [-0.05, 0) is 244 Å². The first-order chi connectivity index (χ1) is 53.2. The third-order valence-corrected chi connectivity index (χ3v) is 39.3. The van der Waals surface area contributed by atoms with Crippen molar-refractivity contribution in [2.45, 2.75) is 307 Å². The van der Waals surface area contributed by atoms with E-state index in [0.717, 1.165) is 133 Å². The Bertz CT molecular complexity index is 4550. The van der Waals surface area contributed by atoms with E-state index in [-0.39, 0.29) is 155 Å². The van der Waals surface area contributed by atoms with Gasteiger partial charge in [0.25, 0.3) is 0 Å². The minimum atomic E-state index is -0.424. The normalized spacial score (nSPS) is 53.6. The van der Waals surface area contributed by atoms with Gasteiger partial charge in [-0.1, -0.05) is 101 Å². The van der Waals surface area contributed by atoms with Crippen LogP contribution in [0.1, 0.15) is 261 Å². The van der Waals surface area contributed by atoms with Crippen molar-refractivity contribution in [1.82, 2.24) is 0 Å². The molecule has 0 bridgehead atoms. The van der Waals surface area contributed by atoms with Gasteiger partial charge in [0.05, 0.1) is 38.3 Å². The van der Waals surface area contributed by atoms with E-state index in [1.165, 1.54) is 56.6 Å². The summed E-state index contributed by atoms with van der Waals surface area (Å²) in [6, 6.07) is 0. The first-order valence-corrected chi connectivity index (χ1v) is 43.9. The van der Waals surface area contributed by atoms with E-state index in [0.29, 0.717) is 117 Å². The number of rotatable bonds is 2. The largest absolute Gasteiger partial charge is 0.469 e. The van der Waals surface area contributed by atoms with E-state index in [1.807, 2.05) is 12.2 Å². The van der Waals surface area contributed by atoms with E-state index in [4.69, 9.17) is 37.9 Å². The van der Waals surface area contributed by atoms with Gasteiger partial charge in [-0.15, -0.1) is 0 Å². The van der Waals surface area contributed by atoms with Gasteiger partial charge in [0.15, 0.2) is 23.1 Å². The zero-order chi connectivity index (χ0) is 78.0. The average molecular weight is 1530 g/mol. The molecule has 18 heteroatoms. The monoisotopic (exact) mass is 1530 g/mol. The molecule has 0 N–H and O–H groups in total. The van der Waals surface area contributed by atoms with Crippen LogP contribution >= 0.6 is 0 Å². The van der Waals surface area contributed by atoms with Crippen LogP contribution in [0.25, 0.3) is 0 Å². The summed E-state index contributed by atoms with van der Waals surface area (Å²) in [5.41, 5.74) is 5.87. The second kappa shape index (κ2) is 23.4. The van der Waals surface area contributed by atoms with Crippen LogP contribution < -0.4 is 0 Å². The van der Waals surface area contributed by atoms with Crippen LogP contribution in [0.4, 0.5) is 0 Å². The highest BCUT2D eigenvalue weighted by atomic mass is 16.6. The molecule has 6 saturated heterocycles. The van der Waals surface area contributed by atoms with Crippen molar-refractivity contribution in [3.05, 3.63) is 69.9 Å². The summed E-state index contributed by atoms with van der Waals surface area (Å²) >= 11 is 0. The summed E-state index contributed by atoms with van der Waals surface area (Å²) in [7, 11) is 2.90. The number of hydrogen-bond acceptors (Lipinski definition) is 18. The van der Waals surface area contributed by atoms with E-state index < -0.39 is 16.8 Å². The second-order valence-electron chi connectivity index (χ2n) is 42.6. The topological polar surface area (TPSA) is 251 Å². The van der Waals surface area contributed by atoms with Crippen molar-refractivity contribution < 1.29 is 85.8 Å². The molecule has 6 spiro atoms. The van der Waals surface area contributed by atoms with E-state index in [9.17, 15) is 47.9 Å². The summed E-state index contributed by atoms with van der Waals surface area (Å²) < 4.78 is 48.0. The number of carbonyl (C=O) groups excluding carboxylic acids is 10.